The van der Waals surface area contributed by atoms with Crippen LogP contribution in [0, 0.1) is 6.92 Å². The molecule has 116 valence electrons. The molecule has 0 spiro atoms. The second kappa shape index (κ2) is 6.58. The van der Waals surface area contributed by atoms with Gasteiger partial charge in [-0.2, -0.15) is 4.31 Å². The van der Waals surface area contributed by atoms with Gasteiger partial charge in [0.05, 0.1) is 10.5 Å². The van der Waals surface area contributed by atoms with E-state index in [4.69, 9.17) is 5.11 Å². The summed E-state index contributed by atoms with van der Waals surface area (Å²) in [4.78, 5) is 11.3. The van der Waals surface area contributed by atoms with Crippen molar-refractivity contribution >= 4 is 16.0 Å². The molecule has 21 heavy (non-hydrogen) atoms. The zero-order chi connectivity index (χ0) is 15.5. The number of nitrogens with zero attached hydrogens (tertiary/aromatic N) is 1. The first-order chi connectivity index (χ1) is 9.94. The minimum atomic E-state index is -3.62. The van der Waals surface area contributed by atoms with Gasteiger partial charge < -0.3 is 5.11 Å². The van der Waals surface area contributed by atoms with Crippen molar-refractivity contribution in [2.45, 2.75) is 43.9 Å². The summed E-state index contributed by atoms with van der Waals surface area (Å²) >= 11 is 0. The summed E-state index contributed by atoms with van der Waals surface area (Å²) in [5, 5.41) is 9.14. The summed E-state index contributed by atoms with van der Waals surface area (Å²) in [6, 6.07) is 4.42. The highest BCUT2D eigenvalue weighted by molar-refractivity contribution is 7.89. The first-order valence-corrected chi connectivity index (χ1v) is 8.71. The Kier molecular flexibility index (Phi) is 5.00. The highest BCUT2D eigenvalue weighted by Crippen LogP contribution is 2.24. The van der Waals surface area contributed by atoms with Crippen LogP contribution in [0.1, 0.15) is 48.0 Å². The highest BCUT2D eigenvalue weighted by atomic mass is 32.2. The average molecular weight is 311 g/mol. The second-order valence-corrected chi connectivity index (χ2v) is 7.31. The molecular formula is C15H21NO4S. The van der Waals surface area contributed by atoms with E-state index in [0.29, 0.717) is 18.7 Å². The Morgan fingerprint density at radius 3 is 2.24 bits per heavy atom. The molecule has 1 saturated heterocycles. The maximum Gasteiger partial charge on any atom is 0.335 e. The molecule has 0 bridgehead atoms. The van der Waals surface area contributed by atoms with Gasteiger partial charge in [0, 0.05) is 13.1 Å². The Bertz CT molecular complexity index is 617. The lowest BCUT2D eigenvalue weighted by atomic mass is 10.1. The van der Waals surface area contributed by atoms with E-state index >= 15 is 0 Å². The second-order valence-electron chi connectivity index (χ2n) is 5.41. The van der Waals surface area contributed by atoms with Crippen LogP contribution >= 0.6 is 0 Å². The van der Waals surface area contributed by atoms with E-state index in [1.165, 1.54) is 22.5 Å². The van der Waals surface area contributed by atoms with Crippen molar-refractivity contribution in [3.05, 3.63) is 29.3 Å². The van der Waals surface area contributed by atoms with Gasteiger partial charge in [0.1, 0.15) is 0 Å². The molecule has 0 atom stereocenters. The van der Waals surface area contributed by atoms with E-state index in [-0.39, 0.29) is 10.5 Å². The van der Waals surface area contributed by atoms with Gasteiger partial charge in [0.2, 0.25) is 10.0 Å². The quantitative estimate of drug-likeness (QED) is 0.931. The molecule has 5 nitrogen and oxygen atoms in total. The van der Waals surface area contributed by atoms with Gasteiger partial charge in [0.25, 0.3) is 0 Å². The molecule has 6 heteroatoms. The number of carbonyl (C=O) groups is 1. The predicted molar refractivity (Wildman–Crippen MR) is 80.0 cm³/mol. The number of sulfonamides is 1. The fraction of sp³-hybridized carbons (Fsp3) is 0.533. The lowest BCUT2D eigenvalue weighted by Crippen LogP contribution is -2.34. The van der Waals surface area contributed by atoms with Gasteiger partial charge in [-0.05, 0) is 37.5 Å². The minimum absolute atomic E-state index is 0.0446. The van der Waals surface area contributed by atoms with Crippen LogP contribution in [-0.2, 0) is 10.0 Å². The molecule has 0 unspecified atom stereocenters. The maximum absolute atomic E-state index is 12.8. The molecule has 1 heterocycles. The average Bonchev–Trinajstić information content (AvgIpc) is 2.37. The fourth-order valence-corrected chi connectivity index (χ4v) is 4.49. The van der Waals surface area contributed by atoms with Gasteiger partial charge in [0.15, 0.2) is 0 Å². The Hall–Kier alpha value is -1.40. The summed E-state index contributed by atoms with van der Waals surface area (Å²) < 4.78 is 27.1. The normalized spacial score (nSPS) is 18.0. The Morgan fingerprint density at radius 2 is 1.67 bits per heavy atom. The van der Waals surface area contributed by atoms with Crippen molar-refractivity contribution in [2.75, 3.05) is 13.1 Å². The zero-order valence-corrected chi connectivity index (χ0v) is 13.0. The number of carboxylic acid groups (broad SMARTS) is 1. The van der Waals surface area contributed by atoms with Crippen LogP contribution in [0.2, 0.25) is 0 Å². The van der Waals surface area contributed by atoms with E-state index in [9.17, 15) is 13.2 Å². The molecule has 1 aliphatic heterocycles. The first-order valence-electron chi connectivity index (χ1n) is 7.27. The summed E-state index contributed by atoms with van der Waals surface area (Å²) in [5.74, 6) is -1.10. The number of carboxylic acids is 1. The summed E-state index contributed by atoms with van der Waals surface area (Å²) in [6.45, 7) is 2.58. The topological polar surface area (TPSA) is 74.7 Å². The molecule has 0 saturated carbocycles. The number of hydrogen-bond donors (Lipinski definition) is 1. The van der Waals surface area contributed by atoms with Crippen LogP contribution in [-0.4, -0.2) is 36.9 Å². The van der Waals surface area contributed by atoms with E-state index in [1.807, 2.05) is 0 Å². The van der Waals surface area contributed by atoms with Crippen LogP contribution in [0.15, 0.2) is 23.1 Å². The monoisotopic (exact) mass is 311 g/mol. The van der Waals surface area contributed by atoms with E-state index < -0.39 is 16.0 Å². The number of hydrogen-bond acceptors (Lipinski definition) is 3. The molecular weight excluding hydrogens is 290 g/mol. The Balaban J connectivity index is 2.38. The van der Waals surface area contributed by atoms with Gasteiger partial charge >= 0.3 is 5.97 Å². The standard InChI is InChI=1S/C15H21NO4S/c1-12-13(15(17)18)8-7-9-14(12)21(19,20)16-10-5-3-2-4-6-11-16/h7-9H,2-6,10-11H2,1H3,(H,17,18). The molecule has 0 aromatic heterocycles. The van der Waals surface area contributed by atoms with Gasteiger partial charge in [-0.3, -0.25) is 0 Å². The van der Waals surface area contributed by atoms with Crippen molar-refractivity contribution in [3.8, 4) is 0 Å². The molecule has 0 amide bonds. The zero-order valence-electron chi connectivity index (χ0n) is 12.2. The SMILES string of the molecule is Cc1c(C(=O)O)cccc1S(=O)(=O)N1CCCCCCC1. The van der Waals surface area contributed by atoms with Gasteiger partial charge in [-0.25, -0.2) is 13.2 Å². The molecule has 1 N–H and O–H groups in total. The third kappa shape index (κ3) is 3.44. The van der Waals surface area contributed by atoms with E-state index in [2.05, 4.69) is 0 Å². The van der Waals surface area contributed by atoms with Crippen molar-refractivity contribution in [1.82, 2.24) is 4.31 Å². The number of benzene rings is 1. The van der Waals surface area contributed by atoms with Crippen LogP contribution in [0.3, 0.4) is 0 Å². The summed E-state index contributed by atoms with van der Waals surface area (Å²) in [7, 11) is -3.62. The molecule has 2 rings (SSSR count). The van der Waals surface area contributed by atoms with Gasteiger partial charge in [-0.15, -0.1) is 0 Å². The molecule has 1 aromatic carbocycles. The van der Waals surface area contributed by atoms with Crippen molar-refractivity contribution < 1.29 is 18.3 Å². The molecule has 0 radical (unpaired) electrons. The van der Waals surface area contributed by atoms with E-state index in [1.54, 1.807) is 6.92 Å². The molecule has 0 aliphatic carbocycles. The predicted octanol–water partition coefficient (Wildman–Crippen LogP) is 2.65. The lowest BCUT2D eigenvalue weighted by molar-refractivity contribution is 0.0696. The third-order valence-corrected chi connectivity index (χ3v) is 5.99. The fourth-order valence-electron chi connectivity index (χ4n) is 2.72. The summed E-state index contributed by atoms with van der Waals surface area (Å²) in [6.07, 6.45) is 4.95. The van der Waals surface area contributed by atoms with Crippen LogP contribution in [0.4, 0.5) is 0 Å². The van der Waals surface area contributed by atoms with Gasteiger partial charge in [-0.1, -0.05) is 25.3 Å². The summed E-state index contributed by atoms with van der Waals surface area (Å²) in [5.41, 5.74) is 0.357. The molecule has 1 aliphatic rings. The van der Waals surface area contributed by atoms with Crippen LogP contribution < -0.4 is 0 Å². The smallest absolute Gasteiger partial charge is 0.335 e. The highest BCUT2D eigenvalue weighted by Gasteiger charge is 2.27. The van der Waals surface area contributed by atoms with Crippen molar-refractivity contribution in [3.63, 3.8) is 0 Å². The Morgan fingerprint density at radius 1 is 1.10 bits per heavy atom. The third-order valence-electron chi connectivity index (χ3n) is 3.95. The number of aromatic carboxylic acids is 1. The van der Waals surface area contributed by atoms with Crippen LogP contribution in [0.25, 0.3) is 0 Å². The Labute approximate surface area is 125 Å². The van der Waals surface area contributed by atoms with Crippen molar-refractivity contribution in [2.24, 2.45) is 0 Å². The first kappa shape index (κ1) is 16.0. The minimum Gasteiger partial charge on any atom is -0.478 e. The lowest BCUT2D eigenvalue weighted by Gasteiger charge is -2.25. The molecule has 1 fully saturated rings. The maximum atomic E-state index is 12.8. The van der Waals surface area contributed by atoms with Crippen molar-refractivity contribution in [1.29, 1.82) is 0 Å². The van der Waals surface area contributed by atoms with Crippen LogP contribution in [0.5, 0.6) is 0 Å². The van der Waals surface area contributed by atoms with E-state index in [0.717, 1.165) is 32.1 Å². The molecule has 1 aromatic rings. The largest absolute Gasteiger partial charge is 0.478 e. The number of rotatable bonds is 3.